The van der Waals surface area contributed by atoms with Gasteiger partial charge in [0.1, 0.15) is 0 Å². The molecule has 1 aromatic rings. The number of nitrogens with two attached hydrogens (primary N) is 1. The Morgan fingerprint density at radius 2 is 2.00 bits per heavy atom. The first-order valence-corrected chi connectivity index (χ1v) is 6.47. The van der Waals surface area contributed by atoms with Crippen molar-refractivity contribution < 1.29 is 9.47 Å². The summed E-state index contributed by atoms with van der Waals surface area (Å²) >= 11 is 3.60. The Balaban J connectivity index is 3.31. The highest BCUT2D eigenvalue weighted by Gasteiger charge is 2.19. The van der Waals surface area contributed by atoms with Crippen LogP contribution in [-0.4, -0.2) is 20.8 Å². The van der Waals surface area contributed by atoms with Crippen molar-refractivity contribution >= 4 is 15.9 Å². The minimum Gasteiger partial charge on any atom is -0.493 e. The number of methoxy groups -OCH3 is 2. The summed E-state index contributed by atoms with van der Waals surface area (Å²) in [7, 11) is 3.31. The monoisotopic (exact) mass is 301 g/mol. The third-order valence-electron chi connectivity index (χ3n) is 3.00. The Kier molecular flexibility index (Phi) is 5.28. The van der Waals surface area contributed by atoms with Crippen molar-refractivity contribution in [1.29, 1.82) is 0 Å². The summed E-state index contributed by atoms with van der Waals surface area (Å²) in [6.45, 7) is 4.90. The van der Waals surface area contributed by atoms with Gasteiger partial charge in [-0.15, -0.1) is 0 Å². The Morgan fingerprint density at radius 1 is 1.35 bits per heavy atom. The quantitative estimate of drug-likeness (QED) is 0.908. The van der Waals surface area contributed by atoms with Gasteiger partial charge in [-0.2, -0.15) is 0 Å². The van der Waals surface area contributed by atoms with Crippen LogP contribution in [0.5, 0.6) is 11.5 Å². The van der Waals surface area contributed by atoms with Crippen molar-refractivity contribution in [2.75, 3.05) is 20.8 Å². The molecule has 3 nitrogen and oxygen atoms in total. The zero-order valence-electron chi connectivity index (χ0n) is 10.8. The third-order valence-corrected chi connectivity index (χ3v) is 3.66. The topological polar surface area (TPSA) is 44.5 Å². The maximum absolute atomic E-state index is 5.62. The number of halogens is 1. The minimum absolute atomic E-state index is 0.397. The van der Waals surface area contributed by atoms with E-state index in [-0.39, 0.29) is 0 Å². The van der Waals surface area contributed by atoms with Crippen molar-refractivity contribution in [3.63, 3.8) is 0 Å². The first kappa shape index (κ1) is 14.3. The van der Waals surface area contributed by atoms with E-state index in [9.17, 15) is 0 Å². The Bertz CT molecular complexity index is 393. The number of rotatable bonds is 5. The lowest BCUT2D eigenvalue weighted by molar-refractivity contribution is 0.351. The van der Waals surface area contributed by atoms with Crippen LogP contribution in [0.2, 0.25) is 0 Å². The standard InChI is InChI=1S/C13H20BrNO2/c1-8(5-6-15)12-9(2)13(17-4)11(16-3)7-10(12)14/h7-8H,5-6,15H2,1-4H3. The second-order valence-electron chi connectivity index (χ2n) is 4.11. The van der Waals surface area contributed by atoms with Crippen LogP contribution in [-0.2, 0) is 0 Å². The Hall–Kier alpha value is -0.740. The normalized spacial score (nSPS) is 12.4. The summed E-state index contributed by atoms with van der Waals surface area (Å²) in [4.78, 5) is 0. The van der Waals surface area contributed by atoms with Crippen molar-refractivity contribution in [3.8, 4) is 11.5 Å². The molecule has 17 heavy (non-hydrogen) atoms. The summed E-state index contributed by atoms with van der Waals surface area (Å²) in [6.07, 6.45) is 0.953. The first-order valence-electron chi connectivity index (χ1n) is 5.67. The first-order chi connectivity index (χ1) is 8.06. The van der Waals surface area contributed by atoms with Crippen molar-refractivity contribution in [1.82, 2.24) is 0 Å². The molecule has 1 rings (SSSR count). The zero-order chi connectivity index (χ0) is 13.0. The summed E-state index contributed by atoms with van der Waals surface area (Å²) in [5.41, 5.74) is 7.98. The van der Waals surface area contributed by atoms with E-state index in [2.05, 4.69) is 29.8 Å². The van der Waals surface area contributed by atoms with Gasteiger partial charge in [-0.05, 0) is 43.0 Å². The fourth-order valence-corrected chi connectivity index (χ4v) is 3.05. The predicted octanol–water partition coefficient (Wildman–Crippen LogP) is 3.23. The van der Waals surface area contributed by atoms with Crippen molar-refractivity contribution in [2.45, 2.75) is 26.2 Å². The lowest BCUT2D eigenvalue weighted by Gasteiger charge is -2.20. The molecule has 96 valence electrons. The largest absolute Gasteiger partial charge is 0.493 e. The molecule has 0 bridgehead atoms. The molecule has 0 heterocycles. The molecular weight excluding hydrogens is 282 g/mol. The van der Waals surface area contributed by atoms with E-state index < -0.39 is 0 Å². The molecular formula is C13H20BrNO2. The van der Waals surface area contributed by atoms with Crippen molar-refractivity contribution in [3.05, 3.63) is 21.7 Å². The van der Waals surface area contributed by atoms with E-state index in [1.807, 2.05) is 6.07 Å². The number of benzene rings is 1. The highest BCUT2D eigenvalue weighted by Crippen LogP contribution is 2.41. The molecule has 0 aliphatic carbocycles. The molecule has 1 aromatic carbocycles. The molecule has 0 spiro atoms. The number of ether oxygens (including phenoxy) is 2. The summed E-state index contributed by atoms with van der Waals surface area (Å²) in [5, 5.41) is 0. The van der Waals surface area contributed by atoms with Gasteiger partial charge in [0.15, 0.2) is 11.5 Å². The van der Waals surface area contributed by atoms with E-state index in [0.29, 0.717) is 12.5 Å². The SMILES string of the molecule is COc1cc(Br)c(C(C)CCN)c(C)c1OC. The number of hydrogen-bond acceptors (Lipinski definition) is 3. The van der Waals surface area contributed by atoms with Crippen LogP contribution in [0.3, 0.4) is 0 Å². The van der Waals surface area contributed by atoms with Gasteiger partial charge in [0.25, 0.3) is 0 Å². The van der Waals surface area contributed by atoms with Crippen LogP contribution >= 0.6 is 15.9 Å². The van der Waals surface area contributed by atoms with E-state index in [1.165, 1.54) is 5.56 Å². The van der Waals surface area contributed by atoms with Crippen LogP contribution in [0.4, 0.5) is 0 Å². The highest BCUT2D eigenvalue weighted by molar-refractivity contribution is 9.10. The van der Waals surface area contributed by atoms with Crippen LogP contribution in [0.25, 0.3) is 0 Å². The maximum Gasteiger partial charge on any atom is 0.163 e. The summed E-state index contributed by atoms with van der Waals surface area (Å²) in [5.74, 6) is 1.95. The molecule has 0 amide bonds. The van der Waals surface area contributed by atoms with Crippen molar-refractivity contribution in [2.24, 2.45) is 5.73 Å². The van der Waals surface area contributed by atoms with E-state index >= 15 is 0 Å². The van der Waals surface area contributed by atoms with E-state index in [4.69, 9.17) is 15.2 Å². The smallest absolute Gasteiger partial charge is 0.163 e. The lowest BCUT2D eigenvalue weighted by atomic mass is 9.93. The predicted molar refractivity (Wildman–Crippen MR) is 74.1 cm³/mol. The van der Waals surface area contributed by atoms with Gasteiger partial charge in [0.05, 0.1) is 14.2 Å². The second kappa shape index (κ2) is 6.26. The Labute approximate surface area is 111 Å². The van der Waals surface area contributed by atoms with Gasteiger partial charge in [-0.1, -0.05) is 22.9 Å². The van der Waals surface area contributed by atoms with Crippen LogP contribution in [0.1, 0.15) is 30.4 Å². The molecule has 0 aromatic heterocycles. The molecule has 2 N–H and O–H groups in total. The summed E-state index contributed by atoms with van der Waals surface area (Å²) in [6, 6.07) is 1.95. The van der Waals surface area contributed by atoms with Gasteiger partial charge in [-0.25, -0.2) is 0 Å². The molecule has 0 radical (unpaired) electrons. The van der Waals surface area contributed by atoms with E-state index in [1.54, 1.807) is 14.2 Å². The second-order valence-corrected chi connectivity index (χ2v) is 4.97. The highest BCUT2D eigenvalue weighted by atomic mass is 79.9. The molecule has 0 aliphatic rings. The molecule has 4 heteroatoms. The molecule has 1 unspecified atom stereocenters. The number of hydrogen-bond donors (Lipinski definition) is 1. The van der Waals surface area contributed by atoms with Gasteiger partial charge >= 0.3 is 0 Å². The van der Waals surface area contributed by atoms with Crippen LogP contribution in [0, 0.1) is 6.92 Å². The summed E-state index contributed by atoms with van der Waals surface area (Å²) < 4.78 is 11.8. The van der Waals surface area contributed by atoms with Crippen LogP contribution in [0.15, 0.2) is 10.5 Å². The molecule has 0 aliphatic heterocycles. The van der Waals surface area contributed by atoms with Gasteiger partial charge in [0.2, 0.25) is 0 Å². The molecule has 0 saturated carbocycles. The maximum atomic E-state index is 5.62. The van der Waals surface area contributed by atoms with Crippen LogP contribution < -0.4 is 15.2 Å². The molecule has 0 saturated heterocycles. The average Bonchev–Trinajstić information content (AvgIpc) is 2.28. The van der Waals surface area contributed by atoms with E-state index in [0.717, 1.165) is 28.0 Å². The van der Waals surface area contributed by atoms with Gasteiger partial charge in [0, 0.05) is 4.47 Å². The van der Waals surface area contributed by atoms with Gasteiger partial charge < -0.3 is 15.2 Å². The molecule has 1 atom stereocenters. The Morgan fingerprint density at radius 3 is 2.47 bits per heavy atom. The third kappa shape index (κ3) is 2.93. The lowest BCUT2D eigenvalue weighted by Crippen LogP contribution is -2.07. The fraction of sp³-hybridized carbons (Fsp3) is 0.538. The average molecular weight is 302 g/mol. The fourth-order valence-electron chi connectivity index (χ4n) is 2.15. The molecule has 0 fully saturated rings. The minimum atomic E-state index is 0.397. The van der Waals surface area contributed by atoms with Gasteiger partial charge in [-0.3, -0.25) is 0 Å². The zero-order valence-corrected chi connectivity index (χ0v) is 12.4.